The predicted molar refractivity (Wildman–Crippen MR) is 99.5 cm³/mol. The number of aliphatic imine (C=N–C) groups is 1. The highest BCUT2D eigenvalue weighted by Crippen LogP contribution is 2.23. The van der Waals surface area contributed by atoms with E-state index < -0.39 is 10.8 Å². The van der Waals surface area contributed by atoms with Crippen molar-refractivity contribution in [2.75, 3.05) is 12.8 Å². The van der Waals surface area contributed by atoms with Crippen LogP contribution in [0.4, 0.5) is 0 Å². The van der Waals surface area contributed by atoms with Gasteiger partial charge in [-0.2, -0.15) is 0 Å². The molecule has 1 aromatic rings. The Kier molecular flexibility index (Phi) is 7.37. The van der Waals surface area contributed by atoms with E-state index in [0.29, 0.717) is 17.8 Å². The summed E-state index contributed by atoms with van der Waals surface area (Å²) in [6, 6.07) is 8.13. The normalized spacial score (nSPS) is 23.3. The molecule has 1 aliphatic carbocycles. The summed E-state index contributed by atoms with van der Waals surface area (Å²) < 4.78 is 12.0. The van der Waals surface area contributed by atoms with Gasteiger partial charge in [-0.05, 0) is 37.0 Å². The van der Waals surface area contributed by atoms with Crippen LogP contribution in [0.1, 0.15) is 38.2 Å². The Hall–Kier alpha value is -1.07. The molecule has 4 nitrogen and oxygen atoms in total. The van der Waals surface area contributed by atoms with E-state index >= 15 is 0 Å². The van der Waals surface area contributed by atoms with Crippen LogP contribution in [-0.4, -0.2) is 34.3 Å². The molecular formula is C17H26ClN3OS. The molecule has 1 saturated carbocycles. The van der Waals surface area contributed by atoms with Gasteiger partial charge in [0.05, 0.1) is 0 Å². The molecular weight excluding hydrogens is 330 g/mol. The van der Waals surface area contributed by atoms with Crippen molar-refractivity contribution in [1.29, 1.82) is 0 Å². The zero-order valence-electron chi connectivity index (χ0n) is 13.8. The van der Waals surface area contributed by atoms with Gasteiger partial charge in [0.15, 0.2) is 5.96 Å². The zero-order chi connectivity index (χ0) is 16.7. The zero-order valence-corrected chi connectivity index (χ0v) is 15.4. The van der Waals surface area contributed by atoms with E-state index in [4.69, 9.17) is 11.6 Å². The average Bonchev–Trinajstić information content (AvgIpc) is 2.59. The van der Waals surface area contributed by atoms with Gasteiger partial charge >= 0.3 is 0 Å². The second-order valence-electron chi connectivity index (χ2n) is 5.85. The SMILES string of the molecule is CCS(=O)C1CCCC(NC(=NC)NCc2ccc(Cl)cc2)C1. The lowest BCUT2D eigenvalue weighted by atomic mass is 9.95. The van der Waals surface area contributed by atoms with Crippen molar-refractivity contribution in [2.45, 2.75) is 50.4 Å². The number of benzene rings is 1. The molecule has 1 fully saturated rings. The van der Waals surface area contributed by atoms with E-state index in [9.17, 15) is 4.21 Å². The highest BCUT2D eigenvalue weighted by molar-refractivity contribution is 7.85. The molecule has 1 aromatic carbocycles. The molecule has 0 aliphatic heterocycles. The topological polar surface area (TPSA) is 53.5 Å². The van der Waals surface area contributed by atoms with Gasteiger partial charge in [0.1, 0.15) is 0 Å². The summed E-state index contributed by atoms with van der Waals surface area (Å²) in [5, 5.41) is 7.87. The third kappa shape index (κ3) is 5.81. The van der Waals surface area contributed by atoms with Gasteiger partial charge in [0, 0.05) is 46.5 Å². The van der Waals surface area contributed by atoms with E-state index in [-0.39, 0.29) is 0 Å². The van der Waals surface area contributed by atoms with Crippen LogP contribution in [-0.2, 0) is 17.3 Å². The molecule has 2 N–H and O–H groups in total. The van der Waals surface area contributed by atoms with Crippen LogP contribution >= 0.6 is 11.6 Å². The fraction of sp³-hybridized carbons (Fsp3) is 0.588. The maximum absolute atomic E-state index is 12.0. The van der Waals surface area contributed by atoms with Crippen LogP contribution in [0.15, 0.2) is 29.3 Å². The van der Waals surface area contributed by atoms with Gasteiger partial charge in [0.25, 0.3) is 0 Å². The van der Waals surface area contributed by atoms with Gasteiger partial charge in [-0.1, -0.05) is 37.1 Å². The highest BCUT2D eigenvalue weighted by atomic mass is 35.5. The lowest BCUT2D eigenvalue weighted by Gasteiger charge is -2.30. The molecule has 0 amide bonds. The lowest BCUT2D eigenvalue weighted by Crippen LogP contribution is -2.46. The molecule has 0 aromatic heterocycles. The van der Waals surface area contributed by atoms with Gasteiger partial charge in [-0.3, -0.25) is 9.20 Å². The van der Waals surface area contributed by atoms with Gasteiger partial charge < -0.3 is 10.6 Å². The minimum Gasteiger partial charge on any atom is -0.354 e. The average molecular weight is 356 g/mol. The minimum absolute atomic E-state index is 0.320. The van der Waals surface area contributed by atoms with Crippen molar-refractivity contribution in [2.24, 2.45) is 4.99 Å². The number of nitrogens with one attached hydrogen (secondary N) is 2. The molecule has 2 rings (SSSR count). The van der Waals surface area contributed by atoms with Crippen LogP contribution in [0.25, 0.3) is 0 Å². The van der Waals surface area contributed by atoms with E-state index in [0.717, 1.165) is 48.0 Å². The first-order valence-electron chi connectivity index (χ1n) is 8.21. The maximum atomic E-state index is 12.0. The number of nitrogens with zero attached hydrogens (tertiary/aromatic N) is 1. The Balaban J connectivity index is 1.84. The Bertz CT molecular complexity index is 547. The van der Waals surface area contributed by atoms with E-state index in [2.05, 4.69) is 15.6 Å². The summed E-state index contributed by atoms with van der Waals surface area (Å²) in [5.41, 5.74) is 1.16. The maximum Gasteiger partial charge on any atom is 0.191 e. The second-order valence-corrected chi connectivity index (χ2v) is 8.29. The number of hydrogen-bond donors (Lipinski definition) is 2. The first-order chi connectivity index (χ1) is 11.1. The Morgan fingerprint density at radius 2 is 2.09 bits per heavy atom. The third-order valence-corrected chi connectivity index (χ3v) is 6.21. The number of rotatable bonds is 5. The van der Waals surface area contributed by atoms with Crippen LogP contribution in [0.3, 0.4) is 0 Å². The summed E-state index contributed by atoms with van der Waals surface area (Å²) in [4.78, 5) is 4.30. The summed E-state index contributed by atoms with van der Waals surface area (Å²) in [7, 11) is 1.08. The number of halogens is 1. The monoisotopic (exact) mass is 355 g/mol. The molecule has 0 spiro atoms. The second kappa shape index (κ2) is 9.28. The van der Waals surface area contributed by atoms with E-state index in [1.807, 2.05) is 31.2 Å². The van der Waals surface area contributed by atoms with Gasteiger partial charge in [-0.25, -0.2) is 0 Å². The molecule has 3 atom stereocenters. The molecule has 1 aliphatic rings. The minimum atomic E-state index is -0.699. The van der Waals surface area contributed by atoms with E-state index in [1.54, 1.807) is 7.05 Å². The largest absolute Gasteiger partial charge is 0.354 e. The molecule has 23 heavy (non-hydrogen) atoms. The lowest BCUT2D eigenvalue weighted by molar-refractivity contribution is 0.413. The fourth-order valence-corrected chi connectivity index (χ4v) is 4.40. The Morgan fingerprint density at radius 1 is 1.35 bits per heavy atom. The predicted octanol–water partition coefficient (Wildman–Crippen LogP) is 3.08. The Morgan fingerprint density at radius 3 is 2.74 bits per heavy atom. The highest BCUT2D eigenvalue weighted by Gasteiger charge is 2.25. The molecule has 128 valence electrons. The molecule has 0 heterocycles. The van der Waals surface area contributed by atoms with Crippen molar-refractivity contribution in [3.05, 3.63) is 34.9 Å². The first-order valence-corrected chi connectivity index (χ1v) is 9.97. The molecule has 0 saturated heterocycles. The molecule has 3 unspecified atom stereocenters. The molecule has 0 bridgehead atoms. The summed E-state index contributed by atoms with van der Waals surface area (Å²) >= 11 is 5.90. The summed E-state index contributed by atoms with van der Waals surface area (Å²) in [6.07, 6.45) is 4.28. The first kappa shape index (κ1) is 18.3. The third-order valence-electron chi connectivity index (χ3n) is 4.22. The van der Waals surface area contributed by atoms with Crippen LogP contribution in [0.2, 0.25) is 5.02 Å². The van der Waals surface area contributed by atoms with Crippen molar-refractivity contribution in [3.8, 4) is 0 Å². The number of hydrogen-bond acceptors (Lipinski definition) is 2. The van der Waals surface area contributed by atoms with Crippen LogP contribution < -0.4 is 10.6 Å². The Labute approximate surface area is 146 Å². The van der Waals surface area contributed by atoms with Gasteiger partial charge in [0.2, 0.25) is 0 Å². The fourth-order valence-electron chi connectivity index (χ4n) is 2.93. The van der Waals surface area contributed by atoms with Crippen molar-refractivity contribution in [1.82, 2.24) is 10.6 Å². The van der Waals surface area contributed by atoms with Crippen molar-refractivity contribution >= 4 is 28.4 Å². The van der Waals surface area contributed by atoms with Crippen molar-refractivity contribution in [3.63, 3.8) is 0 Å². The number of guanidine groups is 1. The van der Waals surface area contributed by atoms with Crippen LogP contribution in [0, 0.1) is 0 Å². The standard InChI is InChI=1S/C17H26ClN3OS/c1-3-23(22)16-6-4-5-15(11-16)21-17(19-2)20-12-13-7-9-14(18)10-8-13/h7-10,15-16H,3-6,11-12H2,1-2H3,(H2,19,20,21). The molecule has 6 heteroatoms. The smallest absolute Gasteiger partial charge is 0.191 e. The molecule has 0 radical (unpaired) electrons. The van der Waals surface area contributed by atoms with Crippen LogP contribution in [0.5, 0.6) is 0 Å². The van der Waals surface area contributed by atoms with Gasteiger partial charge in [-0.15, -0.1) is 0 Å². The van der Waals surface area contributed by atoms with E-state index in [1.165, 1.54) is 0 Å². The van der Waals surface area contributed by atoms with Crippen molar-refractivity contribution < 1.29 is 4.21 Å². The quantitative estimate of drug-likeness (QED) is 0.630. The summed E-state index contributed by atoms with van der Waals surface area (Å²) in [6.45, 7) is 2.70. The summed E-state index contributed by atoms with van der Waals surface area (Å²) in [5.74, 6) is 1.55.